The van der Waals surface area contributed by atoms with E-state index in [-0.39, 0.29) is 0 Å². The molecule has 0 bridgehead atoms. The normalized spacial score (nSPS) is 19.9. The summed E-state index contributed by atoms with van der Waals surface area (Å²) in [7, 11) is 0. The summed E-state index contributed by atoms with van der Waals surface area (Å²) in [5.41, 5.74) is 5.45. The highest BCUT2D eigenvalue weighted by atomic mass is 15.3. The molecule has 5 rings (SSSR count). The Balaban J connectivity index is 1.12. The van der Waals surface area contributed by atoms with Crippen LogP contribution in [-0.4, -0.2) is 54.4 Å². The van der Waals surface area contributed by atoms with E-state index in [0.29, 0.717) is 0 Å². The Hall–Kier alpha value is -2.53. The topological polar surface area (TPSA) is 47.2 Å². The molecule has 1 aromatic heterocycles. The quantitative estimate of drug-likeness (QED) is 0.694. The van der Waals surface area contributed by atoms with Crippen LogP contribution in [0.25, 0.3) is 10.9 Å². The maximum Gasteiger partial charge on any atom is 0.158 e. The van der Waals surface area contributed by atoms with Crippen LogP contribution in [0.2, 0.25) is 0 Å². The summed E-state index contributed by atoms with van der Waals surface area (Å²) in [4.78, 5) is 5.03. The number of piperazine rings is 1. The van der Waals surface area contributed by atoms with E-state index < -0.39 is 0 Å². The van der Waals surface area contributed by atoms with E-state index in [0.717, 1.165) is 50.0 Å². The van der Waals surface area contributed by atoms with Crippen LogP contribution in [0.15, 0.2) is 42.5 Å². The van der Waals surface area contributed by atoms with E-state index in [9.17, 15) is 0 Å². The first kappa shape index (κ1) is 18.5. The number of anilines is 2. The van der Waals surface area contributed by atoms with Gasteiger partial charge < -0.3 is 10.2 Å². The number of aryl methyl sites for hydroxylation is 1. The van der Waals surface area contributed by atoms with Crippen molar-refractivity contribution >= 4 is 22.4 Å². The number of fused-ring (bicyclic) bond motifs is 2. The molecule has 1 saturated heterocycles. The Bertz CT molecular complexity index is 970. The fraction of sp³-hybridized carbons (Fsp3) is 0.458. The largest absolute Gasteiger partial charge is 0.385 e. The van der Waals surface area contributed by atoms with Crippen molar-refractivity contribution in [2.45, 2.75) is 26.2 Å². The third-order valence-corrected chi connectivity index (χ3v) is 6.44. The number of hydrogen-bond acceptors (Lipinski definition) is 4. The lowest BCUT2D eigenvalue weighted by atomic mass is 9.93. The van der Waals surface area contributed by atoms with Crippen LogP contribution >= 0.6 is 0 Å². The van der Waals surface area contributed by atoms with Gasteiger partial charge in [-0.15, -0.1) is 0 Å². The predicted octanol–water partition coefficient (Wildman–Crippen LogP) is 3.92. The summed E-state index contributed by atoms with van der Waals surface area (Å²) in [6.45, 7) is 8.95. The molecule has 0 amide bonds. The molecule has 5 heteroatoms. The van der Waals surface area contributed by atoms with Gasteiger partial charge in [0.1, 0.15) is 0 Å². The molecular formula is C24H31N5. The average Bonchev–Trinajstić information content (AvgIpc) is 3.18. The van der Waals surface area contributed by atoms with Gasteiger partial charge in [0.25, 0.3) is 0 Å². The SMILES string of the molecule is CC1CNc2ccc(CCCN3CCN(c4n[nH]c5ccccc45)CC3)cc2C1. The molecule has 1 fully saturated rings. The smallest absolute Gasteiger partial charge is 0.158 e. The van der Waals surface area contributed by atoms with Gasteiger partial charge in [-0.05, 0) is 61.1 Å². The first-order valence-corrected chi connectivity index (χ1v) is 11.0. The second-order valence-electron chi connectivity index (χ2n) is 8.71. The van der Waals surface area contributed by atoms with Gasteiger partial charge in [0.15, 0.2) is 5.82 Å². The maximum absolute atomic E-state index is 4.56. The van der Waals surface area contributed by atoms with Crippen molar-refractivity contribution in [1.82, 2.24) is 15.1 Å². The molecule has 0 radical (unpaired) electrons. The molecule has 2 aromatic carbocycles. The van der Waals surface area contributed by atoms with Crippen molar-refractivity contribution in [3.8, 4) is 0 Å². The molecule has 3 heterocycles. The zero-order valence-corrected chi connectivity index (χ0v) is 17.3. The van der Waals surface area contributed by atoms with Gasteiger partial charge >= 0.3 is 0 Å². The molecule has 5 nitrogen and oxygen atoms in total. The van der Waals surface area contributed by atoms with Gasteiger partial charge in [0, 0.05) is 43.8 Å². The Labute approximate surface area is 173 Å². The molecule has 152 valence electrons. The Kier molecular flexibility index (Phi) is 5.15. The van der Waals surface area contributed by atoms with Crippen molar-refractivity contribution in [2.75, 3.05) is 49.5 Å². The lowest BCUT2D eigenvalue weighted by molar-refractivity contribution is 0.254. The van der Waals surface area contributed by atoms with Gasteiger partial charge in [-0.25, -0.2) is 0 Å². The van der Waals surface area contributed by atoms with E-state index >= 15 is 0 Å². The third kappa shape index (κ3) is 3.97. The van der Waals surface area contributed by atoms with E-state index in [1.54, 1.807) is 0 Å². The monoisotopic (exact) mass is 389 g/mol. The van der Waals surface area contributed by atoms with Crippen LogP contribution in [0.5, 0.6) is 0 Å². The Morgan fingerprint density at radius 1 is 1.07 bits per heavy atom. The molecular weight excluding hydrogens is 358 g/mol. The Morgan fingerprint density at radius 2 is 1.93 bits per heavy atom. The van der Waals surface area contributed by atoms with Crippen LogP contribution in [0.3, 0.4) is 0 Å². The summed E-state index contributed by atoms with van der Waals surface area (Å²) in [5.74, 6) is 1.85. The number of nitrogens with one attached hydrogen (secondary N) is 2. The van der Waals surface area contributed by atoms with Crippen molar-refractivity contribution in [3.05, 3.63) is 53.6 Å². The molecule has 2 N–H and O–H groups in total. The molecule has 0 aliphatic carbocycles. The van der Waals surface area contributed by atoms with Crippen LogP contribution in [0.4, 0.5) is 11.5 Å². The molecule has 29 heavy (non-hydrogen) atoms. The van der Waals surface area contributed by atoms with E-state index in [1.807, 2.05) is 0 Å². The standard InChI is InChI=1S/C24H31N5/c1-18-15-20-16-19(8-9-22(20)25-17-18)5-4-10-28-11-13-29(14-12-28)24-21-6-2-3-7-23(21)26-27-24/h2-3,6-9,16,18,25H,4-5,10-15,17H2,1H3,(H,26,27). The van der Waals surface area contributed by atoms with Crippen LogP contribution in [0.1, 0.15) is 24.5 Å². The second-order valence-corrected chi connectivity index (χ2v) is 8.71. The third-order valence-electron chi connectivity index (χ3n) is 6.44. The first-order chi connectivity index (χ1) is 14.3. The summed E-state index contributed by atoms with van der Waals surface area (Å²) >= 11 is 0. The zero-order chi connectivity index (χ0) is 19.6. The molecule has 1 unspecified atom stereocenters. The van der Waals surface area contributed by atoms with Gasteiger partial charge in [0.05, 0.1) is 5.52 Å². The van der Waals surface area contributed by atoms with Gasteiger partial charge in [-0.1, -0.05) is 31.2 Å². The highest BCUT2D eigenvalue weighted by Crippen LogP contribution is 2.27. The molecule has 3 aromatic rings. The van der Waals surface area contributed by atoms with Crippen LogP contribution in [0, 0.1) is 5.92 Å². The Morgan fingerprint density at radius 3 is 2.83 bits per heavy atom. The van der Waals surface area contributed by atoms with E-state index in [2.05, 4.69) is 74.7 Å². The van der Waals surface area contributed by atoms with Gasteiger partial charge in [-0.2, -0.15) is 5.10 Å². The summed E-state index contributed by atoms with van der Waals surface area (Å²) in [6, 6.07) is 15.4. The average molecular weight is 390 g/mol. The van der Waals surface area contributed by atoms with Crippen molar-refractivity contribution in [2.24, 2.45) is 5.92 Å². The van der Waals surface area contributed by atoms with Crippen LogP contribution < -0.4 is 10.2 Å². The lowest BCUT2D eigenvalue weighted by Crippen LogP contribution is -2.46. The van der Waals surface area contributed by atoms with E-state index in [4.69, 9.17) is 0 Å². The number of para-hydroxylation sites is 1. The number of nitrogens with zero attached hydrogens (tertiary/aromatic N) is 3. The van der Waals surface area contributed by atoms with Crippen molar-refractivity contribution in [3.63, 3.8) is 0 Å². The zero-order valence-electron chi connectivity index (χ0n) is 17.3. The minimum Gasteiger partial charge on any atom is -0.385 e. The van der Waals surface area contributed by atoms with Crippen LogP contribution in [-0.2, 0) is 12.8 Å². The number of hydrogen-bond donors (Lipinski definition) is 2. The fourth-order valence-electron chi connectivity index (χ4n) is 4.76. The molecule has 0 spiro atoms. The minimum atomic E-state index is 0.737. The fourth-order valence-corrected chi connectivity index (χ4v) is 4.76. The maximum atomic E-state index is 4.56. The summed E-state index contributed by atoms with van der Waals surface area (Å²) in [5, 5.41) is 12.5. The second kappa shape index (κ2) is 8.07. The minimum absolute atomic E-state index is 0.737. The summed E-state index contributed by atoms with van der Waals surface area (Å²) < 4.78 is 0. The van der Waals surface area contributed by atoms with Crippen molar-refractivity contribution < 1.29 is 0 Å². The number of aromatic amines is 1. The molecule has 2 aliphatic heterocycles. The van der Waals surface area contributed by atoms with Gasteiger partial charge in [-0.3, -0.25) is 10.00 Å². The van der Waals surface area contributed by atoms with Gasteiger partial charge in [0.2, 0.25) is 0 Å². The van der Waals surface area contributed by atoms with E-state index in [1.165, 1.54) is 48.0 Å². The number of rotatable bonds is 5. The molecule has 0 saturated carbocycles. The number of H-pyrrole nitrogens is 1. The van der Waals surface area contributed by atoms with Crippen molar-refractivity contribution in [1.29, 1.82) is 0 Å². The molecule has 1 atom stereocenters. The predicted molar refractivity (Wildman–Crippen MR) is 121 cm³/mol. The number of aromatic nitrogens is 2. The highest BCUT2D eigenvalue weighted by molar-refractivity contribution is 5.90. The highest BCUT2D eigenvalue weighted by Gasteiger charge is 2.20. The first-order valence-electron chi connectivity index (χ1n) is 11.0. The molecule has 2 aliphatic rings. The number of benzene rings is 2. The lowest BCUT2D eigenvalue weighted by Gasteiger charge is -2.35. The summed E-state index contributed by atoms with van der Waals surface area (Å²) in [6.07, 6.45) is 3.61.